The molecule has 1 aliphatic rings. The SMILES string of the molecule is CC(C)CCC1(c2ccccc2)CCC(=O)NC1=O. The Labute approximate surface area is 114 Å². The van der Waals surface area contributed by atoms with Crippen molar-refractivity contribution in [3.8, 4) is 0 Å². The monoisotopic (exact) mass is 259 g/mol. The van der Waals surface area contributed by atoms with Gasteiger partial charge in [-0.25, -0.2) is 0 Å². The van der Waals surface area contributed by atoms with E-state index in [1.807, 2.05) is 30.3 Å². The number of carbonyl (C=O) groups is 2. The van der Waals surface area contributed by atoms with Crippen LogP contribution in [0, 0.1) is 5.92 Å². The van der Waals surface area contributed by atoms with E-state index in [4.69, 9.17) is 0 Å². The van der Waals surface area contributed by atoms with Crippen LogP contribution >= 0.6 is 0 Å². The minimum Gasteiger partial charge on any atom is -0.296 e. The molecule has 102 valence electrons. The Balaban J connectivity index is 2.33. The van der Waals surface area contributed by atoms with Crippen LogP contribution in [0.1, 0.15) is 45.1 Å². The highest BCUT2D eigenvalue weighted by atomic mass is 16.2. The first-order valence-corrected chi connectivity index (χ1v) is 6.94. The molecule has 0 radical (unpaired) electrons. The van der Waals surface area contributed by atoms with Gasteiger partial charge in [0.05, 0.1) is 5.41 Å². The first kappa shape index (κ1) is 13.8. The molecular weight excluding hydrogens is 238 g/mol. The Hall–Kier alpha value is -1.64. The van der Waals surface area contributed by atoms with E-state index in [1.165, 1.54) is 0 Å². The number of imide groups is 1. The maximum atomic E-state index is 12.4. The van der Waals surface area contributed by atoms with E-state index in [1.54, 1.807) is 0 Å². The van der Waals surface area contributed by atoms with E-state index < -0.39 is 5.41 Å². The standard InChI is InChI=1S/C16H21NO2/c1-12(2)8-10-16(13-6-4-3-5-7-13)11-9-14(18)17-15(16)19/h3-7,12H,8-11H2,1-2H3,(H,17,18,19). The van der Waals surface area contributed by atoms with Crippen LogP contribution < -0.4 is 5.32 Å². The molecule has 2 rings (SSSR count). The second kappa shape index (κ2) is 5.55. The van der Waals surface area contributed by atoms with E-state index in [0.717, 1.165) is 18.4 Å². The third-order valence-electron chi connectivity index (χ3n) is 3.94. The lowest BCUT2D eigenvalue weighted by Crippen LogP contribution is -2.51. The molecule has 0 saturated carbocycles. The molecule has 0 bridgehead atoms. The zero-order valence-electron chi connectivity index (χ0n) is 11.6. The Kier molecular flexibility index (Phi) is 4.03. The number of benzene rings is 1. The van der Waals surface area contributed by atoms with Crippen LogP contribution in [0.2, 0.25) is 0 Å². The van der Waals surface area contributed by atoms with Crippen molar-refractivity contribution in [2.75, 3.05) is 0 Å². The Bertz CT molecular complexity index is 467. The van der Waals surface area contributed by atoms with Crippen LogP contribution in [0.5, 0.6) is 0 Å². The zero-order chi connectivity index (χ0) is 13.9. The minimum absolute atomic E-state index is 0.129. The fraction of sp³-hybridized carbons (Fsp3) is 0.500. The van der Waals surface area contributed by atoms with Crippen LogP contribution in [0.3, 0.4) is 0 Å². The van der Waals surface area contributed by atoms with E-state index in [0.29, 0.717) is 18.8 Å². The van der Waals surface area contributed by atoms with Crippen molar-refractivity contribution in [1.82, 2.24) is 5.32 Å². The van der Waals surface area contributed by atoms with Crippen molar-refractivity contribution in [1.29, 1.82) is 0 Å². The molecule has 1 aromatic rings. The number of piperidine rings is 1. The summed E-state index contributed by atoms with van der Waals surface area (Å²) in [4.78, 5) is 23.8. The molecule has 1 aromatic carbocycles. The second-order valence-electron chi connectivity index (χ2n) is 5.76. The van der Waals surface area contributed by atoms with Gasteiger partial charge in [0.2, 0.25) is 11.8 Å². The molecule has 1 heterocycles. The molecule has 1 atom stereocenters. The van der Waals surface area contributed by atoms with Crippen molar-refractivity contribution in [3.63, 3.8) is 0 Å². The maximum Gasteiger partial charge on any atom is 0.237 e. The molecule has 0 spiro atoms. The highest BCUT2D eigenvalue weighted by molar-refractivity contribution is 6.03. The van der Waals surface area contributed by atoms with Crippen molar-refractivity contribution < 1.29 is 9.59 Å². The second-order valence-corrected chi connectivity index (χ2v) is 5.76. The van der Waals surface area contributed by atoms with Gasteiger partial charge in [-0.1, -0.05) is 44.2 Å². The Morgan fingerprint density at radius 2 is 1.89 bits per heavy atom. The molecule has 1 aliphatic heterocycles. The minimum atomic E-state index is -0.528. The number of rotatable bonds is 4. The van der Waals surface area contributed by atoms with Crippen LogP contribution in [0.15, 0.2) is 30.3 Å². The summed E-state index contributed by atoms with van der Waals surface area (Å²) < 4.78 is 0. The molecule has 19 heavy (non-hydrogen) atoms. The van der Waals surface area contributed by atoms with Crippen molar-refractivity contribution in [3.05, 3.63) is 35.9 Å². The summed E-state index contributed by atoms with van der Waals surface area (Å²) in [6, 6.07) is 9.85. The molecule has 0 aromatic heterocycles. The molecule has 3 nitrogen and oxygen atoms in total. The molecule has 1 fully saturated rings. The first-order valence-electron chi connectivity index (χ1n) is 6.94. The average Bonchev–Trinajstić information content (AvgIpc) is 2.39. The topological polar surface area (TPSA) is 46.2 Å². The van der Waals surface area contributed by atoms with Crippen LogP contribution in [0.4, 0.5) is 0 Å². The van der Waals surface area contributed by atoms with Gasteiger partial charge >= 0.3 is 0 Å². The zero-order valence-corrected chi connectivity index (χ0v) is 11.6. The molecule has 1 saturated heterocycles. The van der Waals surface area contributed by atoms with Gasteiger partial charge in [-0.05, 0) is 30.7 Å². The number of amides is 2. The van der Waals surface area contributed by atoms with Gasteiger partial charge in [-0.2, -0.15) is 0 Å². The average molecular weight is 259 g/mol. The van der Waals surface area contributed by atoms with E-state index in [2.05, 4.69) is 19.2 Å². The molecule has 3 heteroatoms. The third kappa shape index (κ3) is 2.86. The molecule has 1 N–H and O–H groups in total. The normalized spacial score (nSPS) is 23.5. The lowest BCUT2D eigenvalue weighted by Gasteiger charge is -2.36. The quantitative estimate of drug-likeness (QED) is 0.845. The summed E-state index contributed by atoms with van der Waals surface area (Å²) in [5.74, 6) is 0.266. The molecule has 0 aliphatic carbocycles. The fourth-order valence-electron chi connectivity index (χ4n) is 2.70. The predicted octanol–water partition coefficient (Wildman–Crippen LogP) is 2.80. The van der Waals surface area contributed by atoms with E-state index in [9.17, 15) is 9.59 Å². The lowest BCUT2D eigenvalue weighted by atomic mass is 9.70. The Morgan fingerprint density at radius 1 is 1.21 bits per heavy atom. The summed E-state index contributed by atoms with van der Waals surface area (Å²) >= 11 is 0. The van der Waals surface area contributed by atoms with Crippen molar-refractivity contribution in [2.45, 2.75) is 44.9 Å². The predicted molar refractivity (Wildman–Crippen MR) is 74.6 cm³/mol. The van der Waals surface area contributed by atoms with Crippen LogP contribution in [-0.4, -0.2) is 11.8 Å². The molecule has 2 amide bonds. The number of carbonyl (C=O) groups excluding carboxylic acids is 2. The highest BCUT2D eigenvalue weighted by Gasteiger charge is 2.43. The number of nitrogens with one attached hydrogen (secondary N) is 1. The summed E-state index contributed by atoms with van der Waals surface area (Å²) in [7, 11) is 0. The summed E-state index contributed by atoms with van der Waals surface area (Å²) in [6.07, 6.45) is 2.83. The first-order chi connectivity index (χ1) is 9.04. The van der Waals surface area contributed by atoms with Gasteiger partial charge in [-0.15, -0.1) is 0 Å². The van der Waals surface area contributed by atoms with E-state index >= 15 is 0 Å². The molecule has 1 unspecified atom stereocenters. The van der Waals surface area contributed by atoms with Crippen molar-refractivity contribution in [2.24, 2.45) is 5.92 Å². The highest BCUT2D eigenvalue weighted by Crippen LogP contribution is 2.37. The van der Waals surface area contributed by atoms with Crippen molar-refractivity contribution >= 4 is 11.8 Å². The van der Waals surface area contributed by atoms with Gasteiger partial charge in [0.15, 0.2) is 0 Å². The van der Waals surface area contributed by atoms with Gasteiger partial charge in [0, 0.05) is 6.42 Å². The largest absolute Gasteiger partial charge is 0.296 e. The maximum absolute atomic E-state index is 12.4. The summed E-state index contributed by atoms with van der Waals surface area (Å²) in [6.45, 7) is 4.31. The smallest absolute Gasteiger partial charge is 0.237 e. The summed E-state index contributed by atoms with van der Waals surface area (Å²) in [5, 5.41) is 2.51. The Morgan fingerprint density at radius 3 is 2.47 bits per heavy atom. The van der Waals surface area contributed by atoms with Gasteiger partial charge < -0.3 is 0 Å². The third-order valence-corrected chi connectivity index (χ3v) is 3.94. The number of hydrogen-bond donors (Lipinski definition) is 1. The van der Waals surface area contributed by atoms with E-state index in [-0.39, 0.29) is 11.8 Å². The lowest BCUT2D eigenvalue weighted by molar-refractivity contribution is -0.138. The van der Waals surface area contributed by atoms with Crippen LogP contribution in [-0.2, 0) is 15.0 Å². The molecular formula is C16H21NO2. The number of hydrogen-bond acceptors (Lipinski definition) is 2. The van der Waals surface area contributed by atoms with Gasteiger partial charge in [-0.3, -0.25) is 14.9 Å². The summed E-state index contributed by atoms with van der Waals surface area (Å²) in [5.41, 5.74) is 0.500. The fourth-order valence-corrected chi connectivity index (χ4v) is 2.70. The van der Waals surface area contributed by atoms with Crippen LogP contribution in [0.25, 0.3) is 0 Å². The van der Waals surface area contributed by atoms with Gasteiger partial charge in [0.25, 0.3) is 0 Å². The van der Waals surface area contributed by atoms with Gasteiger partial charge in [0.1, 0.15) is 0 Å².